The fourth-order valence-electron chi connectivity index (χ4n) is 3.42. The maximum atomic E-state index is 13.3. The highest BCUT2D eigenvalue weighted by Crippen LogP contribution is 2.32. The molecule has 128 valence electrons. The molecular formula is C21H17FN4. The summed E-state index contributed by atoms with van der Waals surface area (Å²) in [6.07, 6.45) is 0.756. The number of para-hydroxylation sites is 2. The summed E-state index contributed by atoms with van der Waals surface area (Å²) in [5.41, 5.74) is 5.72. The summed E-state index contributed by atoms with van der Waals surface area (Å²) in [4.78, 5) is 4.68. The van der Waals surface area contributed by atoms with Gasteiger partial charge < -0.3 is 5.32 Å². The third-order valence-corrected chi connectivity index (χ3v) is 4.69. The normalized spacial score (nSPS) is 11.0. The van der Waals surface area contributed by atoms with E-state index >= 15 is 0 Å². The number of halogens is 1. The summed E-state index contributed by atoms with van der Waals surface area (Å²) in [6.45, 7) is 4.01. The van der Waals surface area contributed by atoms with Gasteiger partial charge in [0, 0.05) is 5.69 Å². The summed E-state index contributed by atoms with van der Waals surface area (Å²) in [7, 11) is 0. The molecule has 0 radical (unpaired) electrons. The number of aromatic nitrogens is 2. The van der Waals surface area contributed by atoms with E-state index in [4.69, 9.17) is 0 Å². The van der Waals surface area contributed by atoms with Crippen LogP contribution in [0, 0.1) is 24.1 Å². The van der Waals surface area contributed by atoms with Gasteiger partial charge in [0.1, 0.15) is 17.7 Å². The van der Waals surface area contributed by atoms with Crippen molar-refractivity contribution in [2.45, 2.75) is 20.3 Å². The number of rotatable bonds is 3. The molecule has 0 fully saturated rings. The smallest absolute Gasteiger partial charge is 0.157 e. The van der Waals surface area contributed by atoms with E-state index in [1.54, 1.807) is 12.1 Å². The number of hydrogen-bond acceptors (Lipinski definition) is 3. The molecule has 1 N–H and O–H groups in total. The van der Waals surface area contributed by atoms with Crippen LogP contribution in [0.5, 0.6) is 0 Å². The quantitative estimate of drug-likeness (QED) is 0.562. The zero-order valence-corrected chi connectivity index (χ0v) is 14.5. The molecule has 2 heterocycles. The average molecular weight is 344 g/mol. The molecule has 0 saturated heterocycles. The summed E-state index contributed by atoms with van der Waals surface area (Å²) < 4.78 is 15.3. The Labute approximate surface area is 150 Å². The van der Waals surface area contributed by atoms with Crippen LogP contribution in [-0.2, 0) is 6.42 Å². The Kier molecular flexibility index (Phi) is 3.81. The number of nitrogens with one attached hydrogen (secondary N) is 1. The lowest BCUT2D eigenvalue weighted by Gasteiger charge is -2.18. The van der Waals surface area contributed by atoms with Crippen molar-refractivity contribution in [3.05, 3.63) is 71.0 Å². The van der Waals surface area contributed by atoms with Gasteiger partial charge in [0.05, 0.1) is 16.6 Å². The number of nitrogens with zero attached hydrogens (tertiary/aromatic N) is 3. The van der Waals surface area contributed by atoms with Crippen LogP contribution >= 0.6 is 0 Å². The molecule has 2 aromatic carbocycles. The van der Waals surface area contributed by atoms with Crippen molar-refractivity contribution < 1.29 is 4.39 Å². The molecule has 4 rings (SSSR count). The first-order valence-corrected chi connectivity index (χ1v) is 8.49. The van der Waals surface area contributed by atoms with E-state index in [2.05, 4.69) is 23.3 Å². The zero-order chi connectivity index (χ0) is 18.3. The lowest BCUT2D eigenvalue weighted by molar-refractivity contribution is 0.628. The van der Waals surface area contributed by atoms with Crippen molar-refractivity contribution in [1.82, 2.24) is 9.38 Å². The molecule has 0 aliphatic heterocycles. The van der Waals surface area contributed by atoms with Crippen LogP contribution in [0.2, 0.25) is 0 Å². The number of hydrogen-bond donors (Lipinski definition) is 1. The first-order valence-electron chi connectivity index (χ1n) is 8.49. The van der Waals surface area contributed by atoms with Crippen LogP contribution in [-0.4, -0.2) is 9.38 Å². The molecule has 0 aliphatic rings. The van der Waals surface area contributed by atoms with E-state index in [-0.39, 0.29) is 5.82 Å². The molecule has 5 heteroatoms. The van der Waals surface area contributed by atoms with Gasteiger partial charge in [-0.2, -0.15) is 5.26 Å². The highest BCUT2D eigenvalue weighted by atomic mass is 19.1. The Hall–Kier alpha value is -3.39. The van der Waals surface area contributed by atoms with Crippen molar-refractivity contribution in [3.63, 3.8) is 0 Å². The van der Waals surface area contributed by atoms with Crippen LogP contribution in [0.3, 0.4) is 0 Å². The second-order valence-corrected chi connectivity index (χ2v) is 6.18. The lowest BCUT2D eigenvalue weighted by Crippen LogP contribution is -2.07. The van der Waals surface area contributed by atoms with Crippen molar-refractivity contribution in [1.29, 1.82) is 5.26 Å². The number of imidazole rings is 1. The fourth-order valence-corrected chi connectivity index (χ4v) is 3.42. The number of fused-ring (bicyclic) bond motifs is 3. The first kappa shape index (κ1) is 16.1. The topological polar surface area (TPSA) is 53.1 Å². The van der Waals surface area contributed by atoms with Crippen LogP contribution in [0.25, 0.3) is 16.7 Å². The second-order valence-electron chi connectivity index (χ2n) is 6.18. The van der Waals surface area contributed by atoms with E-state index in [1.807, 2.05) is 35.6 Å². The van der Waals surface area contributed by atoms with Crippen molar-refractivity contribution in [2.24, 2.45) is 0 Å². The van der Waals surface area contributed by atoms with E-state index in [0.29, 0.717) is 11.2 Å². The predicted molar refractivity (Wildman–Crippen MR) is 101 cm³/mol. The van der Waals surface area contributed by atoms with E-state index in [0.717, 1.165) is 40.1 Å². The molecule has 0 unspecified atom stereocenters. The van der Waals surface area contributed by atoms with Gasteiger partial charge in [0.25, 0.3) is 0 Å². The van der Waals surface area contributed by atoms with Gasteiger partial charge in [-0.1, -0.05) is 19.1 Å². The molecule has 0 aliphatic carbocycles. The third-order valence-electron chi connectivity index (χ3n) is 4.69. The highest BCUT2D eigenvalue weighted by molar-refractivity contribution is 5.87. The van der Waals surface area contributed by atoms with E-state index in [9.17, 15) is 9.65 Å². The molecule has 0 amide bonds. The monoisotopic (exact) mass is 344 g/mol. The van der Waals surface area contributed by atoms with Crippen LogP contribution in [0.15, 0.2) is 48.5 Å². The Morgan fingerprint density at radius 3 is 2.58 bits per heavy atom. The maximum Gasteiger partial charge on any atom is 0.157 e. The van der Waals surface area contributed by atoms with E-state index in [1.165, 1.54) is 12.1 Å². The van der Waals surface area contributed by atoms with Crippen LogP contribution in [0.1, 0.15) is 23.6 Å². The van der Waals surface area contributed by atoms with Gasteiger partial charge in [-0.05, 0) is 60.9 Å². The average Bonchev–Trinajstić information content (AvgIpc) is 3.03. The van der Waals surface area contributed by atoms with Gasteiger partial charge in [-0.25, -0.2) is 9.37 Å². The SMILES string of the molecule is CCc1c(C)c(C#N)c2nc3ccccc3n2c1Nc1ccc(F)cc1. The van der Waals surface area contributed by atoms with Crippen LogP contribution < -0.4 is 5.32 Å². The summed E-state index contributed by atoms with van der Waals surface area (Å²) in [5, 5.41) is 13.1. The molecule has 4 nitrogen and oxygen atoms in total. The number of pyridine rings is 1. The zero-order valence-electron chi connectivity index (χ0n) is 14.5. The van der Waals surface area contributed by atoms with Gasteiger partial charge in [-0.3, -0.25) is 4.40 Å². The maximum absolute atomic E-state index is 13.3. The Morgan fingerprint density at radius 1 is 1.15 bits per heavy atom. The summed E-state index contributed by atoms with van der Waals surface area (Å²) in [5.74, 6) is 0.583. The van der Waals surface area contributed by atoms with Gasteiger partial charge >= 0.3 is 0 Å². The van der Waals surface area contributed by atoms with Gasteiger partial charge in [0.2, 0.25) is 0 Å². The minimum Gasteiger partial charge on any atom is -0.341 e. The standard InChI is InChI=1S/C21H17FN4/c1-3-16-13(2)17(12-23)21-25-18-6-4-5-7-19(18)26(21)20(16)24-15-10-8-14(22)9-11-15/h4-11,24H,3H2,1-2H3. The molecule has 0 saturated carbocycles. The largest absolute Gasteiger partial charge is 0.341 e. The molecular weight excluding hydrogens is 327 g/mol. The second kappa shape index (κ2) is 6.16. The van der Waals surface area contributed by atoms with Crippen molar-refractivity contribution >= 4 is 28.2 Å². The lowest BCUT2D eigenvalue weighted by atomic mass is 10.0. The third kappa shape index (κ3) is 2.39. The van der Waals surface area contributed by atoms with Gasteiger partial charge in [0.15, 0.2) is 5.65 Å². The Morgan fingerprint density at radius 2 is 1.88 bits per heavy atom. The first-order chi connectivity index (χ1) is 12.6. The molecule has 0 bridgehead atoms. The van der Waals surface area contributed by atoms with Crippen molar-refractivity contribution in [3.8, 4) is 6.07 Å². The molecule has 0 atom stereocenters. The minimum atomic E-state index is -0.277. The Bertz CT molecular complexity index is 1170. The summed E-state index contributed by atoms with van der Waals surface area (Å²) >= 11 is 0. The highest BCUT2D eigenvalue weighted by Gasteiger charge is 2.19. The number of benzene rings is 2. The predicted octanol–water partition coefficient (Wildman–Crippen LogP) is 5.11. The molecule has 2 aromatic heterocycles. The fraction of sp³-hybridized carbons (Fsp3) is 0.143. The Balaban J connectivity index is 2.09. The number of anilines is 2. The van der Waals surface area contributed by atoms with E-state index < -0.39 is 0 Å². The molecule has 4 aromatic rings. The molecule has 26 heavy (non-hydrogen) atoms. The summed E-state index contributed by atoms with van der Waals surface area (Å²) in [6, 6.07) is 16.4. The molecule has 0 spiro atoms. The van der Waals surface area contributed by atoms with Crippen LogP contribution in [0.4, 0.5) is 15.9 Å². The van der Waals surface area contributed by atoms with Crippen molar-refractivity contribution in [2.75, 3.05) is 5.32 Å². The number of nitriles is 1. The van der Waals surface area contributed by atoms with Gasteiger partial charge in [-0.15, -0.1) is 0 Å². The minimum absolute atomic E-state index is 0.277.